The lowest BCUT2D eigenvalue weighted by atomic mass is 10.0. The Morgan fingerprint density at radius 2 is 2.35 bits per heavy atom. The van der Waals surface area contributed by atoms with Crippen LogP contribution in [0.25, 0.3) is 10.9 Å². The summed E-state index contributed by atoms with van der Waals surface area (Å²) in [7, 11) is 0. The normalized spacial score (nSPS) is 15.8. The van der Waals surface area contributed by atoms with Crippen LogP contribution < -0.4 is 10.6 Å². The van der Waals surface area contributed by atoms with Crippen LogP contribution in [0.2, 0.25) is 0 Å². The van der Waals surface area contributed by atoms with Gasteiger partial charge in [-0.1, -0.05) is 12.1 Å². The summed E-state index contributed by atoms with van der Waals surface area (Å²) in [4.78, 5) is 12.0. The summed E-state index contributed by atoms with van der Waals surface area (Å²) in [6, 6.07) is 5.62. The van der Waals surface area contributed by atoms with E-state index in [4.69, 9.17) is 0 Å². The molecule has 5 nitrogen and oxygen atoms in total. The van der Waals surface area contributed by atoms with E-state index in [0.717, 1.165) is 30.5 Å². The number of benzene rings is 1. The monoisotopic (exact) mass is 230 g/mol. The first-order valence-electron chi connectivity index (χ1n) is 5.75. The van der Waals surface area contributed by atoms with Crippen LogP contribution in [0, 0.1) is 5.92 Å². The van der Waals surface area contributed by atoms with Crippen molar-refractivity contribution in [2.45, 2.75) is 0 Å². The van der Waals surface area contributed by atoms with Crippen molar-refractivity contribution in [1.29, 1.82) is 0 Å². The number of H-pyrrole nitrogens is 1. The minimum absolute atomic E-state index is 0.0354. The van der Waals surface area contributed by atoms with E-state index in [1.54, 1.807) is 6.20 Å². The molecule has 1 aromatic heterocycles. The average molecular weight is 230 g/mol. The third kappa shape index (κ3) is 1.89. The van der Waals surface area contributed by atoms with Crippen molar-refractivity contribution in [3.8, 4) is 0 Å². The first-order valence-corrected chi connectivity index (χ1v) is 5.75. The fourth-order valence-electron chi connectivity index (χ4n) is 1.98. The Hall–Kier alpha value is -1.88. The minimum atomic E-state index is -0.0354. The van der Waals surface area contributed by atoms with Gasteiger partial charge >= 0.3 is 0 Å². The molecule has 0 saturated carbocycles. The second-order valence-corrected chi connectivity index (χ2v) is 4.37. The van der Waals surface area contributed by atoms with Crippen molar-refractivity contribution >= 4 is 16.8 Å². The van der Waals surface area contributed by atoms with Crippen molar-refractivity contribution in [2.75, 3.05) is 19.6 Å². The molecule has 0 spiro atoms. The molecule has 2 aromatic rings. The summed E-state index contributed by atoms with van der Waals surface area (Å²) in [6.45, 7) is 2.72. The Labute approximate surface area is 98.6 Å². The number of amides is 1. The molecule has 1 aliphatic rings. The van der Waals surface area contributed by atoms with Gasteiger partial charge in [0.25, 0.3) is 5.91 Å². The highest BCUT2D eigenvalue weighted by Gasteiger charge is 2.18. The minimum Gasteiger partial charge on any atom is -0.352 e. The van der Waals surface area contributed by atoms with Gasteiger partial charge in [-0.15, -0.1) is 0 Å². The molecule has 1 aliphatic heterocycles. The number of aromatic nitrogens is 2. The van der Waals surface area contributed by atoms with Crippen LogP contribution in [0.3, 0.4) is 0 Å². The molecule has 17 heavy (non-hydrogen) atoms. The first kappa shape index (κ1) is 10.3. The largest absolute Gasteiger partial charge is 0.352 e. The molecule has 3 rings (SSSR count). The molecule has 5 heteroatoms. The fraction of sp³-hybridized carbons (Fsp3) is 0.333. The fourth-order valence-corrected chi connectivity index (χ4v) is 1.98. The van der Waals surface area contributed by atoms with E-state index in [1.165, 1.54) is 0 Å². The molecule has 1 fully saturated rings. The van der Waals surface area contributed by atoms with E-state index < -0.39 is 0 Å². The van der Waals surface area contributed by atoms with E-state index in [2.05, 4.69) is 20.8 Å². The first-order chi connectivity index (χ1) is 8.34. The molecule has 1 aromatic carbocycles. The van der Waals surface area contributed by atoms with Crippen molar-refractivity contribution in [3.05, 3.63) is 30.0 Å². The molecule has 3 N–H and O–H groups in total. The Morgan fingerprint density at radius 3 is 3.12 bits per heavy atom. The Bertz CT molecular complexity index is 544. The highest BCUT2D eigenvalue weighted by molar-refractivity contribution is 6.05. The molecule has 1 amide bonds. The zero-order valence-corrected chi connectivity index (χ0v) is 9.36. The summed E-state index contributed by atoms with van der Waals surface area (Å²) in [5, 5.41) is 13.9. The molecule has 0 radical (unpaired) electrons. The van der Waals surface area contributed by atoms with Crippen LogP contribution in [-0.2, 0) is 0 Å². The van der Waals surface area contributed by atoms with Gasteiger partial charge < -0.3 is 10.6 Å². The van der Waals surface area contributed by atoms with E-state index in [1.807, 2.05) is 18.2 Å². The third-order valence-corrected chi connectivity index (χ3v) is 3.14. The lowest BCUT2D eigenvalue weighted by Crippen LogP contribution is -2.48. The maximum absolute atomic E-state index is 12.0. The van der Waals surface area contributed by atoms with E-state index >= 15 is 0 Å². The zero-order valence-electron chi connectivity index (χ0n) is 9.36. The molecule has 88 valence electrons. The topological polar surface area (TPSA) is 69.8 Å². The molecule has 2 heterocycles. The maximum Gasteiger partial charge on any atom is 0.253 e. The Morgan fingerprint density at radius 1 is 1.47 bits per heavy atom. The predicted molar refractivity (Wildman–Crippen MR) is 64.8 cm³/mol. The maximum atomic E-state index is 12.0. The number of para-hydroxylation sites is 1. The molecule has 0 unspecified atom stereocenters. The van der Waals surface area contributed by atoms with E-state index in [-0.39, 0.29) is 5.91 Å². The number of nitrogens with zero attached hydrogens (tertiary/aromatic N) is 1. The number of rotatable bonds is 3. The lowest BCUT2D eigenvalue weighted by molar-refractivity contribution is 0.0943. The Balaban J connectivity index is 1.77. The van der Waals surface area contributed by atoms with Crippen LogP contribution in [0.15, 0.2) is 24.4 Å². The number of hydrogen-bond acceptors (Lipinski definition) is 3. The van der Waals surface area contributed by atoms with Gasteiger partial charge in [-0.2, -0.15) is 5.10 Å². The summed E-state index contributed by atoms with van der Waals surface area (Å²) in [5.74, 6) is 0.534. The second-order valence-electron chi connectivity index (χ2n) is 4.37. The quantitative estimate of drug-likeness (QED) is 0.719. The van der Waals surface area contributed by atoms with Gasteiger partial charge in [0.15, 0.2) is 0 Å². The summed E-state index contributed by atoms with van der Waals surface area (Å²) in [5.41, 5.74) is 1.46. The summed E-state index contributed by atoms with van der Waals surface area (Å²) in [6.07, 6.45) is 1.72. The van der Waals surface area contributed by atoms with Crippen molar-refractivity contribution in [2.24, 2.45) is 5.92 Å². The van der Waals surface area contributed by atoms with Gasteiger partial charge in [0, 0.05) is 30.9 Å². The number of carbonyl (C=O) groups is 1. The Kier molecular flexibility index (Phi) is 2.53. The van der Waals surface area contributed by atoms with Gasteiger partial charge in [0.1, 0.15) is 0 Å². The number of fused-ring (bicyclic) bond motifs is 1. The van der Waals surface area contributed by atoms with Crippen molar-refractivity contribution < 1.29 is 4.79 Å². The zero-order chi connectivity index (χ0) is 11.7. The van der Waals surface area contributed by atoms with Crippen molar-refractivity contribution in [3.63, 3.8) is 0 Å². The third-order valence-electron chi connectivity index (χ3n) is 3.14. The number of hydrogen-bond donors (Lipinski definition) is 3. The van der Waals surface area contributed by atoms with Crippen molar-refractivity contribution in [1.82, 2.24) is 20.8 Å². The number of aromatic amines is 1. The molecular formula is C12H14N4O. The highest BCUT2D eigenvalue weighted by Crippen LogP contribution is 2.15. The molecule has 0 aliphatic carbocycles. The van der Waals surface area contributed by atoms with Gasteiger partial charge in [-0.05, 0) is 6.07 Å². The van der Waals surface area contributed by atoms with E-state index in [0.29, 0.717) is 11.5 Å². The van der Waals surface area contributed by atoms with E-state index in [9.17, 15) is 4.79 Å². The van der Waals surface area contributed by atoms with Crippen LogP contribution >= 0.6 is 0 Å². The SMILES string of the molecule is O=C(NCC1CNC1)c1cccc2cn[nH]c12. The summed E-state index contributed by atoms with van der Waals surface area (Å²) >= 11 is 0. The van der Waals surface area contributed by atoms with Gasteiger partial charge in [-0.3, -0.25) is 9.89 Å². The molecule has 0 atom stereocenters. The second kappa shape index (κ2) is 4.18. The number of carbonyl (C=O) groups excluding carboxylic acids is 1. The smallest absolute Gasteiger partial charge is 0.253 e. The van der Waals surface area contributed by atoms with Gasteiger partial charge in [0.2, 0.25) is 0 Å². The van der Waals surface area contributed by atoms with Crippen LogP contribution in [0.5, 0.6) is 0 Å². The van der Waals surface area contributed by atoms with Crippen LogP contribution in [0.1, 0.15) is 10.4 Å². The van der Waals surface area contributed by atoms with Gasteiger partial charge in [0.05, 0.1) is 17.3 Å². The standard InChI is InChI=1S/C12H14N4O/c17-12(14-6-8-4-13-5-8)10-3-1-2-9-7-15-16-11(9)10/h1-3,7-8,13H,4-6H2,(H,14,17)(H,15,16). The van der Waals surface area contributed by atoms with Crippen LogP contribution in [0.4, 0.5) is 0 Å². The molecule has 1 saturated heterocycles. The predicted octanol–water partition coefficient (Wildman–Crippen LogP) is 0.512. The summed E-state index contributed by atoms with van der Waals surface area (Å²) < 4.78 is 0. The molecular weight excluding hydrogens is 216 g/mol. The average Bonchev–Trinajstić information content (AvgIpc) is 2.74. The number of nitrogens with one attached hydrogen (secondary N) is 3. The van der Waals surface area contributed by atoms with Crippen LogP contribution in [-0.4, -0.2) is 35.7 Å². The molecule has 0 bridgehead atoms. The lowest BCUT2D eigenvalue weighted by Gasteiger charge is -2.27. The van der Waals surface area contributed by atoms with Gasteiger partial charge in [-0.25, -0.2) is 0 Å². The highest BCUT2D eigenvalue weighted by atomic mass is 16.1.